The largest absolute Gasteiger partial charge is 0.492 e. The van der Waals surface area contributed by atoms with Crippen LogP contribution in [0.15, 0.2) is 48.1 Å². The summed E-state index contributed by atoms with van der Waals surface area (Å²) >= 11 is 1.66. The summed E-state index contributed by atoms with van der Waals surface area (Å²) in [5, 5.41) is 5.52. The lowest BCUT2D eigenvalue weighted by molar-refractivity contribution is 0.264. The summed E-state index contributed by atoms with van der Waals surface area (Å²) in [6.45, 7) is 3.68. The lowest BCUT2D eigenvalue weighted by Gasteiger charge is -2.17. The number of fused-ring (bicyclic) bond motifs is 1. The van der Waals surface area contributed by atoms with Crippen LogP contribution in [0.4, 0.5) is 0 Å². The highest BCUT2D eigenvalue weighted by Crippen LogP contribution is 2.14. The summed E-state index contributed by atoms with van der Waals surface area (Å²) in [6.07, 6.45) is 5.01. The van der Waals surface area contributed by atoms with E-state index in [9.17, 15) is 0 Å². The summed E-state index contributed by atoms with van der Waals surface area (Å²) in [5.41, 5.74) is 1.10. The zero-order valence-corrected chi connectivity index (χ0v) is 12.8. The maximum absolute atomic E-state index is 5.85. The van der Waals surface area contributed by atoms with Gasteiger partial charge in [0.05, 0.1) is 5.69 Å². The third kappa shape index (κ3) is 3.62. The number of para-hydroxylation sites is 1. The summed E-state index contributed by atoms with van der Waals surface area (Å²) in [6, 6.07) is 10.2. The SMILES string of the molecule is CCNC(COc1ccccc1)Cc1cn2ccsc2n1. The number of likely N-dealkylation sites (N-methyl/N-ethyl adjacent to an activating group) is 1. The number of thiazole rings is 1. The predicted molar refractivity (Wildman–Crippen MR) is 86.2 cm³/mol. The molecule has 4 nitrogen and oxygen atoms in total. The van der Waals surface area contributed by atoms with E-state index >= 15 is 0 Å². The Morgan fingerprint density at radius 2 is 2.19 bits per heavy atom. The maximum atomic E-state index is 5.85. The second kappa shape index (κ2) is 6.74. The lowest BCUT2D eigenvalue weighted by Crippen LogP contribution is -2.36. The van der Waals surface area contributed by atoms with E-state index < -0.39 is 0 Å². The van der Waals surface area contributed by atoms with Crippen molar-refractivity contribution >= 4 is 16.3 Å². The van der Waals surface area contributed by atoms with Crippen molar-refractivity contribution in [3.8, 4) is 5.75 Å². The molecule has 2 aromatic heterocycles. The molecular formula is C16H19N3OS. The normalized spacial score (nSPS) is 12.6. The van der Waals surface area contributed by atoms with Gasteiger partial charge in [0.15, 0.2) is 4.96 Å². The molecule has 0 bridgehead atoms. The first-order chi connectivity index (χ1) is 10.3. The van der Waals surface area contributed by atoms with E-state index in [0.717, 1.165) is 29.4 Å². The van der Waals surface area contributed by atoms with Crippen LogP contribution in [-0.2, 0) is 6.42 Å². The van der Waals surface area contributed by atoms with Gasteiger partial charge in [0.1, 0.15) is 12.4 Å². The number of hydrogen-bond donors (Lipinski definition) is 1. The van der Waals surface area contributed by atoms with Crippen molar-refractivity contribution in [2.45, 2.75) is 19.4 Å². The molecule has 3 rings (SSSR count). The van der Waals surface area contributed by atoms with Crippen LogP contribution >= 0.6 is 11.3 Å². The molecule has 0 saturated carbocycles. The maximum Gasteiger partial charge on any atom is 0.193 e. The van der Waals surface area contributed by atoms with Gasteiger partial charge in [-0.2, -0.15) is 0 Å². The Balaban J connectivity index is 1.62. The molecule has 3 aromatic rings. The van der Waals surface area contributed by atoms with Crippen molar-refractivity contribution in [3.63, 3.8) is 0 Å². The van der Waals surface area contributed by atoms with Gasteiger partial charge >= 0.3 is 0 Å². The van der Waals surface area contributed by atoms with Crippen molar-refractivity contribution in [3.05, 3.63) is 53.8 Å². The van der Waals surface area contributed by atoms with E-state index in [1.165, 1.54) is 0 Å². The van der Waals surface area contributed by atoms with Crippen molar-refractivity contribution in [2.75, 3.05) is 13.2 Å². The number of nitrogens with zero attached hydrogens (tertiary/aromatic N) is 2. The molecule has 1 unspecified atom stereocenters. The summed E-state index contributed by atoms with van der Waals surface area (Å²) in [5.74, 6) is 0.909. The fraction of sp³-hybridized carbons (Fsp3) is 0.312. The molecule has 0 aliphatic rings. The average Bonchev–Trinajstić information content (AvgIpc) is 3.07. The molecule has 0 amide bonds. The van der Waals surface area contributed by atoms with Gasteiger partial charge in [-0.15, -0.1) is 11.3 Å². The first-order valence-corrected chi connectivity index (χ1v) is 8.05. The third-order valence-electron chi connectivity index (χ3n) is 3.29. The molecule has 110 valence electrons. The van der Waals surface area contributed by atoms with Gasteiger partial charge in [-0.1, -0.05) is 25.1 Å². The van der Waals surface area contributed by atoms with Gasteiger partial charge in [-0.25, -0.2) is 4.98 Å². The third-order valence-corrected chi connectivity index (χ3v) is 4.06. The Hall–Kier alpha value is -1.85. The molecule has 1 aromatic carbocycles. The molecule has 5 heteroatoms. The minimum absolute atomic E-state index is 0.264. The molecule has 0 aliphatic heterocycles. The topological polar surface area (TPSA) is 38.6 Å². The molecule has 1 atom stereocenters. The van der Waals surface area contributed by atoms with Gasteiger partial charge in [0.25, 0.3) is 0 Å². The molecule has 2 heterocycles. The molecular weight excluding hydrogens is 282 g/mol. The first kappa shape index (κ1) is 14.1. The van der Waals surface area contributed by atoms with Crippen molar-refractivity contribution in [1.29, 1.82) is 0 Å². The highest BCUT2D eigenvalue weighted by atomic mass is 32.1. The Morgan fingerprint density at radius 3 is 2.95 bits per heavy atom. The fourth-order valence-corrected chi connectivity index (χ4v) is 3.04. The number of imidazole rings is 1. The van der Waals surface area contributed by atoms with Crippen LogP contribution in [-0.4, -0.2) is 28.6 Å². The Bertz CT molecular complexity index is 648. The van der Waals surface area contributed by atoms with Crippen LogP contribution in [0, 0.1) is 0 Å². The Morgan fingerprint density at radius 1 is 1.33 bits per heavy atom. The number of benzene rings is 1. The van der Waals surface area contributed by atoms with Gasteiger partial charge in [-0.3, -0.25) is 4.40 Å². The molecule has 0 spiro atoms. The van der Waals surface area contributed by atoms with E-state index in [4.69, 9.17) is 4.74 Å². The summed E-state index contributed by atoms with van der Waals surface area (Å²) < 4.78 is 7.92. The number of aromatic nitrogens is 2. The van der Waals surface area contributed by atoms with Crippen molar-refractivity contribution in [1.82, 2.24) is 14.7 Å². The zero-order chi connectivity index (χ0) is 14.5. The quantitative estimate of drug-likeness (QED) is 0.729. The lowest BCUT2D eigenvalue weighted by atomic mass is 10.2. The molecule has 0 saturated heterocycles. The molecule has 1 N–H and O–H groups in total. The molecule has 0 radical (unpaired) electrons. The van der Waals surface area contributed by atoms with Crippen LogP contribution in [0.2, 0.25) is 0 Å². The van der Waals surface area contributed by atoms with Crippen LogP contribution in [0.1, 0.15) is 12.6 Å². The number of rotatable bonds is 7. The number of nitrogens with one attached hydrogen (secondary N) is 1. The minimum Gasteiger partial charge on any atom is -0.492 e. The number of hydrogen-bond acceptors (Lipinski definition) is 4. The van der Waals surface area contributed by atoms with Gasteiger partial charge in [-0.05, 0) is 18.7 Å². The first-order valence-electron chi connectivity index (χ1n) is 7.17. The standard InChI is InChI=1S/C16H19N3OS/c1-2-17-14(12-20-15-6-4-3-5-7-15)10-13-11-19-8-9-21-16(19)18-13/h3-9,11,14,17H,2,10,12H2,1H3. The van der Waals surface area contributed by atoms with E-state index in [0.29, 0.717) is 6.61 Å². The average molecular weight is 301 g/mol. The van der Waals surface area contributed by atoms with E-state index in [2.05, 4.69) is 27.8 Å². The summed E-state index contributed by atoms with van der Waals surface area (Å²) in [7, 11) is 0. The van der Waals surface area contributed by atoms with Crippen LogP contribution in [0.25, 0.3) is 4.96 Å². The summed E-state index contributed by atoms with van der Waals surface area (Å²) in [4.78, 5) is 5.68. The van der Waals surface area contributed by atoms with Gasteiger partial charge in [0, 0.05) is 30.2 Å². The van der Waals surface area contributed by atoms with Crippen LogP contribution in [0.5, 0.6) is 5.75 Å². The Labute approximate surface area is 128 Å². The monoisotopic (exact) mass is 301 g/mol. The second-order valence-corrected chi connectivity index (χ2v) is 5.78. The fourth-order valence-electron chi connectivity index (χ4n) is 2.32. The van der Waals surface area contributed by atoms with Gasteiger partial charge < -0.3 is 10.1 Å². The van der Waals surface area contributed by atoms with Crippen LogP contribution < -0.4 is 10.1 Å². The minimum atomic E-state index is 0.264. The predicted octanol–water partition coefficient (Wildman–Crippen LogP) is 3.00. The van der Waals surface area contributed by atoms with E-state index in [1.54, 1.807) is 11.3 Å². The molecule has 0 aliphatic carbocycles. The zero-order valence-electron chi connectivity index (χ0n) is 12.0. The highest BCUT2D eigenvalue weighted by molar-refractivity contribution is 7.15. The van der Waals surface area contributed by atoms with Crippen molar-refractivity contribution < 1.29 is 4.74 Å². The Kier molecular flexibility index (Phi) is 4.52. The van der Waals surface area contributed by atoms with E-state index in [1.807, 2.05) is 41.9 Å². The van der Waals surface area contributed by atoms with E-state index in [-0.39, 0.29) is 6.04 Å². The van der Waals surface area contributed by atoms with Gasteiger partial charge in [0.2, 0.25) is 0 Å². The highest BCUT2D eigenvalue weighted by Gasteiger charge is 2.12. The second-order valence-electron chi connectivity index (χ2n) is 4.91. The molecule has 21 heavy (non-hydrogen) atoms. The van der Waals surface area contributed by atoms with Crippen LogP contribution in [0.3, 0.4) is 0 Å². The smallest absolute Gasteiger partial charge is 0.193 e. The molecule has 0 fully saturated rings. The number of ether oxygens (including phenoxy) is 1. The van der Waals surface area contributed by atoms with Crippen molar-refractivity contribution in [2.24, 2.45) is 0 Å².